The standard InChI is InChI=1S/C39H68NO8P/c1-6-8-10-12-14-15-16-17-18-19-20-21-22-23-24-25-26-28-30-32-39(42)48-37(35-45-38(41)31-29-27-13-11-9-7-2)36-47-49(43,44)46-34-33-40(3,4)5/h8,10,14-15,17-18,20-21,23-24,37H,6-7,9,11-13,16,19,22,25-36H2,1-5H3/b10-8-,15-14-,18-17-,21-20-,24-23-. The second kappa shape index (κ2) is 31.7. The Hall–Kier alpha value is -2.29. The maximum atomic E-state index is 12.6. The number of likely N-dealkylation sites (N-methyl/N-ethyl adjacent to an activating group) is 1. The highest BCUT2D eigenvalue weighted by atomic mass is 31.2. The molecule has 0 fully saturated rings. The van der Waals surface area contributed by atoms with Gasteiger partial charge >= 0.3 is 11.9 Å². The van der Waals surface area contributed by atoms with Crippen LogP contribution < -0.4 is 4.89 Å². The molecule has 0 aromatic carbocycles. The number of nitrogens with zero attached hydrogens (tertiary/aromatic N) is 1. The molecule has 2 atom stereocenters. The minimum absolute atomic E-state index is 0.0401. The highest BCUT2D eigenvalue weighted by molar-refractivity contribution is 7.45. The summed E-state index contributed by atoms with van der Waals surface area (Å²) in [7, 11) is 1.13. The van der Waals surface area contributed by atoms with Gasteiger partial charge in [-0.25, -0.2) is 0 Å². The summed E-state index contributed by atoms with van der Waals surface area (Å²) in [5.74, 6) is -0.891. The molecule has 9 nitrogen and oxygen atoms in total. The topological polar surface area (TPSA) is 111 Å². The van der Waals surface area contributed by atoms with Crippen LogP contribution in [0.3, 0.4) is 0 Å². The molecule has 0 aliphatic carbocycles. The van der Waals surface area contributed by atoms with E-state index in [1.807, 2.05) is 21.1 Å². The third-order valence-corrected chi connectivity index (χ3v) is 8.27. The summed E-state index contributed by atoms with van der Waals surface area (Å²) >= 11 is 0. The molecule has 0 saturated heterocycles. The Labute approximate surface area is 298 Å². The lowest BCUT2D eigenvalue weighted by atomic mass is 10.1. The first-order chi connectivity index (χ1) is 23.5. The van der Waals surface area contributed by atoms with Crippen molar-refractivity contribution in [2.24, 2.45) is 0 Å². The minimum atomic E-state index is -4.62. The number of carbonyl (C=O) groups excluding carboxylic acids is 2. The highest BCUT2D eigenvalue weighted by Gasteiger charge is 2.21. The molecule has 0 N–H and O–H groups in total. The number of esters is 2. The molecule has 0 heterocycles. The van der Waals surface area contributed by atoms with Crippen LogP contribution in [0.15, 0.2) is 60.8 Å². The fraction of sp³-hybridized carbons (Fsp3) is 0.692. The van der Waals surface area contributed by atoms with E-state index in [-0.39, 0.29) is 26.1 Å². The van der Waals surface area contributed by atoms with E-state index in [0.717, 1.165) is 83.5 Å². The Bertz CT molecular complexity index is 1030. The first kappa shape index (κ1) is 46.7. The summed E-state index contributed by atoms with van der Waals surface area (Å²) in [6.07, 6.45) is 35.7. The van der Waals surface area contributed by atoms with Crippen LogP contribution in [0, 0.1) is 0 Å². The molecule has 0 rings (SSSR count). The smallest absolute Gasteiger partial charge is 0.306 e. The van der Waals surface area contributed by atoms with Gasteiger partial charge in [-0.1, -0.05) is 113 Å². The number of phosphoric acid groups is 1. The van der Waals surface area contributed by atoms with E-state index in [0.29, 0.717) is 17.4 Å². The number of phosphoric ester groups is 1. The average Bonchev–Trinajstić information content (AvgIpc) is 3.04. The first-order valence-corrected chi connectivity index (χ1v) is 20.0. The van der Waals surface area contributed by atoms with E-state index in [4.69, 9.17) is 18.5 Å². The second-order valence-corrected chi connectivity index (χ2v) is 14.6. The van der Waals surface area contributed by atoms with E-state index in [2.05, 4.69) is 74.6 Å². The molecule has 2 unspecified atom stereocenters. The molecule has 0 aromatic rings. The van der Waals surface area contributed by atoms with Gasteiger partial charge in [0.15, 0.2) is 6.10 Å². The zero-order valence-corrected chi connectivity index (χ0v) is 32.3. The van der Waals surface area contributed by atoms with Crippen molar-refractivity contribution in [1.82, 2.24) is 0 Å². The molecular formula is C39H68NO8P. The monoisotopic (exact) mass is 709 g/mol. The van der Waals surface area contributed by atoms with Crippen molar-refractivity contribution in [1.29, 1.82) is 0 Å². The Morgan fingerprint density at radius 3 is 1.73 bits per heavy atom. The fourth-order valence-corrected chi connectivity index (χ4v) is 5.11. The van der Waals surface area contributed by atoms with Crippen LogP contribution >= 0.6 is 7.82 Å². The van der Waals surface area contributed by atoms with Crippen LogP contribution in [-0.2, 0) is 32.7 Å². The second-order valence-electron chi connectivity index (χ2n) is 13.2. The molecule has 0 bridgehead atoms. The lowest BCUT2D eigenvalue weighted by Gasteiger charge is -2.28. The largest absolute Gasteiger partial charge is 0.756 e. The van der Waals surface area contributed by atoms with Gasteiger partial charge in [0.05, 0.1) is 27.7 Å². The van der Waals surface area contributed by atoms with E-state index in [1.165, 1.54) is 6.42 Å². The predicted molar refractivity (Wildman–Crippen MR) is 199 cm³/mol. The molecule has 282 valence electrons. The Balaban J connectivity index is 4.44. The fourth-order valence-electron chi connectivity index (χ4n) is 4.38. The first-order valence-electron chi connectivity index (χ1n) is 18.5. The van der Waals surface area contributed by atoms with Crippen LogP contribution in [-0.4, -0.2) is 70.0 Å². The van der Waals surface area contributed by atoms with Crippen LogP contribution in [0.1, 0.15) is 123 Å². The zero-order valence-electron chi connectivity index (χ0n) is 31.4. The van der Waals surface area contributed by atoms with Gasteiger partial charge in [0, 0.05) is 12.8 Å². The number of carbonyl (C=O) groups is 2. The molecule has 0 aromatic heterocycles. The Morgan fingerprint density at radius 1 is 0.653 bits per heavy atom. The SMILES string of the molecule is CC/C=C\C/C=C\C/C=C\C/C=C\C/C=C\CCCCCC(=O)OC(COC(=O)CCCCCCCC)COP(=O)([O-])OCC[N+](C)(C)C. The summed E-state index contributed by atoms with van der Waals surface area (Å²) in [5.41, 5.74) is 0. The lowest BCUT2D eigenvalue weighted by Crippen LogP contribution is -2.37. The summed E-state index contributed by atoms with van der Waals surface area (Å²) in [6.45, 7) is 3.96. The number of ether oxygens (including phenoxy) is 2. The number of rotatable bonds is 32. The molecule has 0 radical (unpaired) electrons. The predicted octanol–water partition coefficient (Wildman–Crippen LogP) is 9.10. The Morgan fingerprint density at radius 2 is 1.16 bits per heavy atom. The van der Waals surface area contributed by atoms with E-state index in [1.54, 1.807) is 0 Å². The molecule has 0 saturated carbocycles. The number of hydrogen-bond donors (Lipinski definition) is 0. The van der Waals surface area contributed by atoms with Gasteiger partial charge in [0.25, 0.3) is 7.82 Å². The van der Waals surface area contributed by atoms with Crippen molar-refractivity contribution in [3.05, 3.63) is 60.8 Å². The van der Waals surface area contributed by atoms with Crippen molar-refractivity contribution >= 4 is 19.8 Å². The maximum absolute atomic E-state index is 12.6. The summed E-state index contributed by atoms with van der Waals surface area (Å²) in [5, 5.41) is 0. The third kappa shape index (κ3) is 35.3. The van der Waals surface area contributed by atoms with Crippen molar-refractivity contribution < 1.29 is 42.1 Å². The normalized spacial score (nSPS) is 14.5. The lowest BCUT2D eigenvalue weighted by molar-refractivity contribution is -0.870. The van der Waals surface area contributed by atoms with Gasteiger partial charge < -0.3 is 27.9 Å². The molecule has 10 heteroatoms. The van der Waals surface area contributed by atoms with Gasteiger partial charge in [0.2, 0.25) is 0 Å². The van der Waals surface area contributed by atoms with Gasteiger partial charge in [-0.2, -0.15) is 0 Å². The van der Waals surface area contributed by atoms with Crippen LogP contribution in [0.25, 0.3) is 0 Å². The Kier molecular flexibility index (Phi) is 30.2. The summed E-state index contributed by atoms with van der Waals surface area (Å²) in [6, 6.07) is 0. The van der Waals surface area contributed by atoms with Crippen LogP contribution in [0.2, 0.25) is 0 Å². The minimum Gasteiger partial charge on any atom is -0.756 e. The quantitative estimate of drug-likeness (QED) is 0.0224. The van der Waals surface area contributed by atoms with Gasteiger partial charge in [0.1, 0.15) is 19.8 Å². The number of unbranched alkanes of at least 4 members (excludes halogenated alkanes) is 8. The number of allylic oxidation sites excluding steroid dienone is 10. The van der Waals surface area contributed by atoms with Gasteiger partial charge in [-0.15, -0.1) is 0 Å². The van der Waals surface area contributed by atoms with Gasteiger partial charge in [-0.3, -0.25) is 14.2 Å². The van der Waals surface area contributed by atoms with Crippen molar-refractivity contribution in [3.8, 4) is 0 Å². The van der Waals surface area contributed by atoms with Crippen molar-refractivity contribution in [2.45, 2.75) is 129 Å². The zero-order chi connectivity index (χ0) is 36.5. The average molecular weight is 710 g/mol. The highest BCUT2D eigenvalue weighted by Crippen LogP contribution is 2.38. The van der Waals surface area contributed by atoms with Crippen LogP contribution in [0.5, 0.6) is 0 Å². The van der Waals surface area contributed by atoms with Crippen LogP contribution in [0.4, 0.5) is 0 Å². The summed E-state index contributed by atoms with van der Waals surface area (Å²) < 4.78 is 33.5. The summed E-state index contributed by atoms with van der Waals surface area (Å²) in [4.78, 5) is 37.1. The molecular weight excluding hydrogens is 641 g/mol. The van der Waals surface area contributed by atoms with Crippen molar-refractivity contribution in [2.75, 3.05) is 47.5 Å². The number of quaternary nitrogens is 1. The van der Waals surface area contributed by atoms with Gasteiger partial charge in [-0.05, 0) is 57.8 Å². The number of hydrogen-bond acceptors (Lipinski definition) is 8. The van der Waals surface area contributed by atoms with E-state index >= 15 is 0 Å². The molecule has 0 amide bonds. The van der Waals surface area contributed by atoms with E-state index < -0.39 is 32.5 Å². The third-order valence-electron chi connectivity index (χ3n) is 7.30. The molecule has 0 spiro atoms. The van der Waals surface area contributed by atoms with E-state index in [9.17, 15) is 19.0 Å². The van der Waals surface area contributed by atoms with Crippen molar-refractivity contribution in [3.63, 3.8) is 0 Å². The molecule has 0 aliphatic rings. The maximum Gasteiger partial charge on any atom is 0.306 e. The molecule has 0 aliphatic heterocycles. The molecule has 49 heavy (non-hydrogen) atoms.